The van der Waals surface area contributed by atoms with E-state index in [4.69, 9.17) is 5.26 Å². The largest absolute Gasteiger partial charge is 0.426 e. The summed E-state index contributed by atoms with van der Waals surface area (Å²) in [5.41, 5.74) is -3.69. The second-order valence-electron chi connectivity index (χ2n) is 12.0. The molecule has 230 valence electrons. The molecule has 2 aromatic rings. The van der Waals surface area contributed by atoms with Crippen molar-refractivity contribution >= 4 is 21.5 Å². The number of benzene rings is 2. The first-order chi connectivity index (χ1) is 20.1. The van der Waals surface area contributed by atoms with E-state index in [1.165, 1.54) is 11.0 Å². The number of ketones is 1. The number of carbonyl (C=O) groups is 2. The highest BCUT2D eigenvalue weighted by atomic mass is 32.2. The van der Waals surface area contributed by atoms with Gasteiger partial charge >= 0.3 is 6.18 Å². The lowest BCUT2D eigenvalue weighted by Gasteiger charge is -2.43. The van der Waals surface area contributed by atoms with Gasteiger partial charge < -0.3 is 4.90 Å². The predicted molar refractivity (Wildman–Crippen MR) is 145 cm³/mol. The van der Waals surface area contributed by atoms with Crippen molar-refractivity contribution < 1.29 is 40.0 Å². The minimum Gasteiger partial charge on any atom is -0.341 e. The van der Waals surface area contributed by atoms with Crippen molar-refractivity contribution in [1.29, 1.82) is 5.26 Å². The number of fused-ring (bicyclic) bond motifs is 3. The molecule has 1 heterocycles. The minimum atomic E-state index is -5.18. The molecule has 0 aromatic heterocycles. The van der Waals surface area contributed by atoms with Crippen molar-refractivity contribution in [3.63, 3.8) is 0 Å². The Balaban J connectivity index is 1.52. The van der Waals surface area contributed by atoms with E-state index >= 15 is 0 Å². The van der Waals surface area contributed by atoms with Crippen LogP contribution in [0.2, 0.25) is 0 Å². The second kappa shape index (κ2) is 11.0. The number of halogens is 5. The van der Waals surface area contributed by atoms with Crippen LogP contribution in [0, 0.1) is 34.9 Å². The van der Waals surface area contributed by atoms with E-state index in [9.17, 15) is 40.0 Å². The minimum absolute atomic E-state index is 0.0213. The number of amides is 1. The van der Waals surface area contributed by atoms with Crippen LogP contribution < -0.4 is 0 Å². The highest BCUT2D eigenvalue weighted by Gasteiger charge is 2.61. The molecule has 2 fully saturated rings. The maximum absolute atomic E-state index is 14.9. The van der Waals surface area contributed by atoms with E-state index in [0.717, 1.165) is 36.4 Å². The van der Waals surface area contributed by atoms with E-state index in [2.05, 4.69) is 0 Å². The third-order valence-corrected chi connectivity index (χ3v) is 12.2. The summed E-state index contributed by atoms with van der Waals surface area (Å²) in [6.07, 6.45) is -4.15. The van der Waals surface area contributed by atoms with Gasteiger partial charge in [-0.05, 0) is 85.4 Å². The molecular weight excluding hydrogens is 591 g/mol. The Labute approximate surface area is 246 Å². The Hall–Kier alpha value is -3.33. The van der Waals surface area contributed by atoms with Crippen LogP contribution in [0.5, 0.6) is 0 Å². The van der Waals surface area contributed by atoms with Crippen molar-refractivity contribution in [3.05, 3.63) is 65.0 Å². The molecule has 6 nitrogen and oxygen atoms in total. The summed E-state index contributed by atoms with van der Waals surface area (Å²) in [7, 11) is -4.27. The lowest BCUT2D eigenvalue weighted by molar-refractivity contribution is -0.228. The fourth-order valence-electron chi connectivity index (χ4n) is 7.31. The highest BCUT2D eigenvalue weighted by Crippen LogP contribution is 2.60. The number of likely N-dealkylation sites (tertiary alicyclic amines) is 1. The first kappa shape index (κ1) is 31.1. The van der Waals surface area contributed by atoms with Crippen LogP contribution in [0.1, 0.15) is 62.1 Å². The summed E-state index contributed by atoms with van der Waals surface area (Å²) in [6.45, 7) is 0.857. The average molecular weight is 623 g/mol. The highest BCUT2D eigenvalue weighted by molar-refractivity contribution is 7.92. The van der Waals surface area contributed by atoms with Gasteiger partial charge in [0, 0.05) is 31.8 Å². The first-order valence-corrected chi connectivity index (χ1v) is 15.7. The summed E-state index contributed by atoms with van der Waals surface area (Å²) < 4.78 is 96.5. The summed E-state index contributed by atoms with van der Waals surface area (Å²) in [6, 6.07) is 9.68. The summed E-state index contributed by atoms with van der Waals surface area (Å²) in [5, 5.41) is 8.84. The number of carbonyl (C=O) groups excluding carboxylic acids is 2. The maximum Gasteiger partial charge on any atom is 0.426 e. The van der Waals surface area contributed by atoms with Gasteiger partial charge in [-0.2, -0.15) is 18.4 Å². The number of nitriles is 1. The summed E-state index contributed by atoms with van der Waals surface area (Å²) >= 11 is 0. The predicted octanol–water partition coefficient (Wildman–Crippen LogP) is 5.94. The van der Waals surface area contributed by atoms with Crippen LogP contribution in [0.4, 0.5) is 22.0 Å². The molecule has 0 N–H and O–H groups in total. The van der Waals surface area contributed by atoms with E-state index in [-0.39, 0.29) is 79.7 Å². The van der Waals surface area contributed by atoms with Crippen molar-refractivity contribution in [1.82, 2.24) is 4.90 Å². The second-order valence-corrected chi connectivity index (χ2v) is 14.2. The Morgan fingerprint density at radius 3 is 2.47 bits per heavy atom. The number of aryl methyl sites for hydroxylation is 1. The van der Waals surface area contributed by atoms with Gasteiger partial charge in [0.2, 0.25) is 11.6 Å². The van der Waals surface area contributed by atoms with Gasteiger partial charge in [0.15, 0.2) is 9.84 Å². The summed E-state index contributed by atoms with van der Waals surface area (Å²) in [4.78, 5) is 27.1. The molecule has 1 unspecified atom stereocenters. The van der Waals surface area contributed by atoms with Gasteiger partial charge in [0.1, 0.15) is 16.3 Å². The van der Waals surface area contributed by atoms with E-state index in [1.54, 1.807) is 0 Å². The lowest BCUT2D eigenvalue weighted by Crippen LogP contribution is -2.45. The van der Waals surface area contributed by atoms with Crippen LogP contribution in [0.25, 0.3) is 0 Å². The Morgan fingerprint density at radius 2 is 1.81 bits per heavy atom. The number of hydrogen-bond donors (Lipinski definition) is 0. The van der Waals surface area contributed by atoms with Crippen molar-refractivity contribution in [3.8, 4) is 6.07 Å². The fraction of sp³-hybridized carbons (Fsp3) is 0.516. The molecule has 5 atom stereocenters. The quantitative estimate of drug-likeness (QED) is 0.269. The zero-order valence-electron chi connectivity index (χ0n) is 23.5. The molecular formula is C31H31F5N2O4S. The third-order valence-electron chi connectivity index (χ3n) is 9.65. The Bertz CT molecular complexity index is 1580. The molecule has 2 aromatic carbocycles. The molecule has 43 heavy (non-hydrogen) atoms. The standard InChI is InChI=1S/C31H31F5N2O4S/c1-29(33,31(34,35)36)22-4-10-26-19(15-22)3-9-25-20(16-27(39)21-17-28(40)38(18-21)14-2-13-37)11-12-30(25,26)43(41,42)24-7-5-23(32)6-8-24/h4-8,10,15,20-21,25H,2-3,9,11-12,14,16-18H2,1H3/t20-,21-,25-,29?,30-/m0/s1. The topological polar surface area (TPSA) is 95.3 Å². The van der Waals surface area contributed by atoms with Gasteiger partial charge in [-0.25, -0.2) is 17.2 Å². The number of hydrogen-bond acceptors (Lipinski definition) is 5. The van der Waals surface area contributed by atoms with E-state index < -0.39 is 49.6 Å². The summed E-state index contributed by atoms with van der Waals surface area (Å²) in [5.74, 6) is -2.57. The molecule has 1 saturated heterocycles. The molecule has 5 rings (SSSR count). The van der Waals surface area contributed by atoms with Crippen LogP contribution in [-0.4, -0.2) is 44.3 Å². The number of rotatable bonds is 8. The number of Topliss-reactive ketones (excluding diaryl/α,β-unsaturated/α-hetero) is 1. The molecule has 3 aliphatic rings. The fourth-order valence-corrected chi connectivity index (χ4v) is 9.81. The smallest absolute Gasteiger partial charge is 0.341 e. The SMILES string of the molecule is CC(F)(c1ccc2c(c1)CC[C@H]1[C@H](CC(=O)[C@H]3CC(=O)N(CCC#N)C3)CC[C@@]21S(=O)(=O)c1ccc(F)cc1)C(F)(F)F. The van der Waals surface area contributed by atoms with E-state index in [0.29, 0.717) is 18.9 Å². The first-order valence-electron chi connectivity index (χ1n) is 14.2. The van der Waals surface area contributed by atoms with Crippen molar-refractivity contribution in [2.45, 2.75) is 73.4 Å². The molecule has 0 spiro atoms. The van der Waals surface area contributed by atoms with Gasteiger partial charge in [-0.1, -0.05) is 18.2 Å². The van der Waals surface area contributed by atoms with Crippen molar-refractivity contribution in [2.75, 3.05) is 13.1 Å². The normalized spacial score (nSPS) is 26.9. The van der Waals surface area contributed by atoms with Gasteiger partial charge in [-0.15, -0.1) is 0 Å². The van der Waals surface area contributed by atoms with Crippen LogP contribution in [0.3, 0.4) is 0 Å². The van der Waals surface area contributed by atoms with Crippen LogP contribution in [-0.2, 0) is 36.3 Å². The van der Waals surface area contributed by atoms with Crippen molar-refractivity contribution in [2.24, 2.45) is 17.8 Å². The molecule has 0 bridgehead atoms. The van der Waals surface area contributed by atoms with Crippen LogP contribution >= 0.6 is 0 Å². The van der Waals surface area contributed by atoms with Gasteiger partial charge in [-0.3, -0.25) is 9.59 Å². The molecule has 2 aliphatic carbocycles. The number of nitrogens with zero attached hydrogens (tertiary/aromatic N) is 2. The molecule has 1 aliphatic heterocycles. The Morgan fingerprint density at radius 1 is 1.12 bits per heavy atom. The third kappa shape index (κ3) is 5.13. The number of sulfone groups is 1. The zero-order valence-corrected chi connectivity index (χ0v) is 24.3. The monoisotopic (exact) mass is 622 g/mol. The Kier molecular flexibility index (Phi) is 7.95. The maximum atomic E-state index is 14.9. The van der Waals surface area contributed by atoms with Gasteiger partial charge in [0.05, 0.1) is 17.4 Å². The zero-order chi connectivity index (χ0) is 31.4. The van der Waals surface area contributed by atoms with Crippen LogP contribution in [0.15, 0.2) is 47.4 Å². The van der Waals surface area contributed by atoms with E-state index in [1.807, 2.05) is 6.07 Å². The van der Waals surface area contributed by atoms with Gasteiger partial charge in [0.25, 0.3) is 0 Å². The molecule has 1 saturated carbocycles. The lowest BCUT2D eigenvalue weighted by atomic mass is 9.71. The molecule has 1 amide bonds. The molecule has 0 radical (unpaired) electrons. The molecule has 12 heteroatoms. The average Bonchev–Trinajstić information content (AvgIpc) is 3.52. The number of alkyl halides is 4.